The zero-order chi connectivity index (χ0) is 23.5. The van der Waals surface area contributed by atoms with E-state index in [9.17, 15) is 22.4 Å². The van der Waals surface area contributed by atoms with Gasteiger partial charge in [0.2, 0.25) is 15.9 Å². The van der Waals surface area contributed by atoms with Crippen LogP contribution in [0.25, 0.3) is 11.3 Å². The minimum atomic E-state index is -3.93. The molecule has 2 N–H and O–H groups in total. The van der Waals surface area contributed by atoms with Crippen LogP contribution in [0.2, 0.25) is 5.02 Å². The fourth-order valence-electron chi connectivity index (χ4n) is 3.42. The molecule has 2 aromatic rings. The Morgan fingerprint density at radius 3 is 2.78 bits per heavy atom. The highest BCUT2D eigenvalue weighted by molar-refractivity contribution is 7.89. The second-order valence-corrected chi connectivity index (χ2v) is 9.68. The Morgan fingerprint density at radius 1 is 1.38 bits per heavy atom. The van der Waals surface area contributed by atoms with Crippen LogP contribution in [0.5, 0.6) is 0 Å². The van der Waals surface area contributed by atoms with Crippen molar-refractivity contribution in [3.63, 3.8) is 0 Å². The van der Waals surface area contributed by atoms with Gasteiger partial charge in [-0.3, -0.25) is 15.0 Å². The number of likely N-dealkylation sites (tertiary alicyclic amines) is 1. The van der Waals surface area contributed by atoms with Gasteiger partial charge < -0.3 is 14.2 Å². The van der Waals surface area contributed by atoms with Crippen LogP contribution in [0.3, 0.4) is 0 Å². The summed E-state index contributed by atoms with van der Waals surface area (Å²) in [7, 11) is -0.775. The maximum Gasteiger partial charge on any atom is 0.269 e. The zero-order valence-corrected chi connectivity index (χ0v) is 19.0. The third-order valence-electron chi connectivity index (χ3n) is 4.96. The number of aromatic nitrogens is 2. The van der Waals surface area contributed by atoms with E-state index < -0.39 is 27.3 Å². The minimum Gasteiger partial charge on any atom is -0.375 e. The number of ether oxygens (including phenoxy) is 1. The summed E-state index contributed by atoms with van der Waals surface area (Å²) in [5, 5.41) is -0.298. The largest absolute Gasteiger partial charge is 0.375 e. The summed E-state index contributed by atoms with van der Waals surface area (Å²) in [6.45, 7) is 0.631. The number of nitrogens with zero attached hydrogens (tertiary/aromatic N) is 3. The molecule has 1 aliphatic rings. The van der Waals surface area contributed by atoms with E-state index in [4.69, 9.17) is 16.3 Å². The van der Waals surface area contributed by atoms with E-state index in [0.29, 0.717) is 24.2 Å². The summed E-state index contributed by atoms with van der Waals surface area (Å²) in [6, 6.07) is 2.57. The Bertz CT molecular complexity index is 1120. The fraction of sp³-hybridized carbons (Fsp3) is 0.421. The van der Waals surface area contributed by atoms with Crippen LogP contribution >= 0.6 is 11.6 Å². The molecule has 1 aromatic carbocycles. The molecular formula is C19H23ClFN5O5S. The van der Waals surface area contributed by atoms with Gasteiger partial charge in [-0.25, -0.2) is 17.8 Å². The summed E-state index contributed by atoms with van der Waals surface area (Å²) in [6.07, 6.45) is 3.70. The maximum absolute atomic E-state index is 14.4. The average Bonchev–Trinajstić information content (AvgIpc) is 3.37. The summed E-state index contributed by atoms with van der Waals surface area (Å²) in [4.78, 5) is 32.0. The molecule has 1 aromatic heterocycles. The SMILES string of the molecule is COCC(=O)N1CCC(CS(=O)(=O)NNC(=O)c2cc(-c3cn(C)cn3)cc(Cl)c2F)C1. The molecular weight excluding hydrogens is 465 g/mol. The molecule has 1 atom stereocenters. The zero-order valence-electron chi connectivity index (χ0n) is 17.5. The molecule has 1 saturated heterocycles. The number of rotatable bonds is 8. The third-order valence-corrected chi connectivity index (χ3v) is 6.55. The molecule has 3 rings (SSSR count). The predicted octanol–water partition coefficient (Wildman–Crippen LogP) is 0.939. The van der Waals surface area contributed by atoms with Crippen LogP contribution in [0.15, 0.2) is 24.7 Å². The van der Waals surface area contributed by atoms with Gasteiger partial charge in [-0.1, -0.05) is 11.6 Å². The van der Waals surface area contributed by atoms with E-state index in [1.807, 2.05) is 10.3 Å². The van der Waals surface area contributed by atoms with Crippen molar-refractivity contribution in [2.45, 2.75) is 6.42 Å². The van der Waals surface area contributed by atoms with Gasteiger partial charge in [0.25, 0.3) is 5.91 Å². The molecule has 2 amide bonds. The van der Waals surface area contributed by atoms with Crippen LogP contribution < -0.4 is 10.3 Å². The Morgan fingerprint density at radius 2 is 2.12 bits per heavy atom. The number of imidazole rings is 1. The van der Waals surface area contributed by atoms with Crippen LogP contribution in [0.1, 0.15) is 16.8 Å². The van der Waals surface area contributed by atoms with E-state index >= 15 is 0 Å². The number of hydrazine groups is 1. The molecule has 0 radical (unpaired) electrons. The van der Waals surface area contributed by atoms with Crippen molar-refractivity contribution in [2.24, 2.45) is 13.0 Å². The van der Waals surface area contributed by atoms with Gasteiger partial charge >= 0.3 is 0 Å². The summed E-state index contributed by atoms with van der Waals surface area (Å²) in [5.41, 5.74) is 2.46. The van der Waals surface area contributed by atoms with Crippen molar-refractivity contribution >= 4 is 33.4 Å². The standard InChI is InChI=1S/C19H23ClFN5O5S/c1-25-8-16(22-11-25)13-5-14(18(21)15(20)6-13)19(28)23-24-32(29,30)10-12-3-4-26(7-12)17(27)9-31-2/h5-6,8,11-12,24H,3-4,7,9-10H2,1-2H3,(H,23,28). The maximum atomic E-state index is 14.4. The second-order valence-electron chi connectivity index (χ2n) is 7.51. The molecule has 0 aliphatic carbocycles. The van der Waals surface area contributed by atoms with Crippen molar-refractivity contribution in [1.29, 1.82) is 0 Å². The lowest BCUT2D eigenvalue weighted by Crippen LogP contribution is -2.44. The Hall–Kier alpha value is -2.54. The lowest BCUT2D eigenvalue weighted by molar-refractivity contribution is -0.134. The van der Waals surface area contributed by atoms with Crippen LogP contribution in [-0.4, -0.2) is 67.2 Å². The smallest absolute Gasteiger partial charge is 0.269 e. The topological polar surface area (TPSA) is 123 Å². The first-order valence-electron chi connectivity index (χ1n) is 9.63. The lowest BCUT2D eigenvalue weighted by Gasteiger charge is -2.16. The quantitative estimate of drug-likeness (QED) is 0.534. The first-order valence-corrected chi connectivity index (χ1v) is 11.7. The average molecular weight is 488 g/mol. The first kappa shape index (κ1) is 24.1. The number of halogens is 2. The minimum absolute atomic E-state index is 0.0700. The first-order chi connectivity index (χ1) is 15.1. The van der Waals surface area contributed by atoms with Crippen molar-refractivity contribution < 1.29 is 27.1 Å². The molecule has 32 heavy (non-hydrogen) atoms. The van der Waals surface area contributed by atoms with Crippen LogP contribution in [-0.2, 0) is 26.6 Å². The monoisotopic (exact) mass is 487 g/mol. The van der Waals surface area contributed by atoms with Gasteiger partial charge in [-0.15, -0.1) is 4.83 Å². The number of amides is 2. The van der Waals surface area contributed by atoms with Gasteiger partial charge in [0.1, 0.15) is 6.61 Å². The van der Waals surface area contributed by atoms with Gasteiger partial charge in [0, 0.05) is 39.0 Å². The van der Waals surface area contributed by atoms with Gasteiger partial charge in [0.15, 0.2) is 5.82 Å². The summed E-state index contributed by atoms with van der Waals surface area (Å²) >= 11 is 5.92. The number of hydrogen-bond acceptors (Lipinski definition) is 6. The van der Waals surface area contributed by atoms with Crippen molar-refractivity contribution in [1.82, 2.24) is 24.7 Å². The number of aryl methyl sites for hydroxylation is 1. The molecule has 174 valence electrons. The number of carbonyl (C=O) groups excluding carboxylic acids is 2. The highest BCUT2D eigenvalue weighted by atomic mass is 35.5. The Kier molecular flexibility index (Phi) is 7.49. The molecule has 2 heterocycles. The Labute approximate surface area is 189 Å². The molecule has 10 nitrogen and oxygen atoms in total. The summed E-state index contributed by atoms with van der Waals surface area (Å²) < 4.78 is 45.7. The number of hydrogen-bond donors (Lipinski definition) is 2. The molecule has 0 saturated carbocycles. The normalized spacial score (nSPS) is 16.4. The fourth-order valence-corrected chi connectivity index (χ4v) is 4.86. The number of benzene rings is 1. The number of methoxy groups -OCH3 is 1. The molecule has 1 unspecified atom stereocenters. The van der Waals surface area contributed by atoms with E-state index in [1.54, 1.807) is 17.8 Å². The lowest BCUT2D eigenvalue weighted by atomic mass is 10.1. The second kappa shape index (κ2) is 9.94. The molecule has 1 fully saturated rings. The van der Waals surface area contributed by atoms with E-state index in [2.05, 4.69) is 4.98 Å². The summed E-state index contributed by atoms with van der Waals surface area (Å²) in [5.74, 6) is -2.81. The van der Waals surface area contributed by atoms with Gasteiger partial charge in [0.05, 0.1) is 28.4 Å². The van der Waals surface area contributed by atoms with Crippen molar-refractivity contribution in [3.05, 3.63) is 41.1 Å². The van der Waals surface area contributed by atoms with Crippen LogP contribution in [0, 0.1) is 11.7 Å². The molecule has 13 heteroatoms. The van der Waals surface area contributed by atoms with Gasteiger partial charge in [-0.05, 0) is 24.5 Å². The molecule has 1 aliphatic heterocycles. The van der Waals surface area contributed by atoms with E-state index in [0.717, 1.165) is 0 Å². The van der Waals surface area contributed by atoms with E-state index in [1.165, 1.54) is 30.5 Å². The molecule has 0 bridgehead atoms. The van der Waals surface area contributed by atoms with E-state index in [-0.39, 0.29) is 35.8 Å². The highest BCUT2D eigenvalue weighted by Gasteiger charge is 2.30. The Balaban J connectivity index is 1.64. The molecule has 0 spiro atoms. The van der Waals surface area contributed by atoms with Gasteiger partial charge in [-0.2, -0.15) is 0 Å². The number of sulfonamides is 1. The highest BCUT2D eigenvalue weighted by Crippen LogP contribution is 2.27. The van der Waals surface area contributed by atoms with Crippen molar-refractivity contribution in [3.8, 4) is 11.3 Å². The number of nitrogens with one attached hydrogen (secondary N) is 2. The predicted molar refractivity (Wildman–Crippen MR) is 115 cm³/mol. The number of carbonyl (C=O) groups is 2. The third kappa shape index (κ3) is 5.82. The van der Waals surface area contributed by atoms with Crippen LogP contribution in [0.4, 0.5) is 4.39 Å². The van der Waals surface area contributed by atoms with Crippen molar-refractivity contribution in [2.75, 3.05) is 32.6 Å².